The molecule has 0 unspecified atom stereocenters. The van der Waals surface area contributed by atoms with Crippen LogP contribution in [0.5, 0.6) is 0 Å². The standard InChI is InChI=1S/C24H23N7O/c1-15(28-22-8-10-25-21-9-11-26-31(21)22)20-12-16-4-3-5-19(17-13-27-29(2)14-17)23(16)24(32)30(20)18-6-7-18/h3-5,8-15,18,28H,6-7H2,1-2H3/t15-/m0/s1. The predicted molar refractivity (Wildman–Crippen MR) is 124 cm³/mol. The Balaban J connectivity index is 1.51. The van der Waals surface area contributed by atoms with E-state index in [9.17, 15) is 4.79 Å². The molecular weight excluding hydrogens is 402 g/mol. The van der Waals surface area contributed by atoms with Crippen LogP contribution in [-0.4, -0.2) is 28.9 Å². The number of aryl methyl sites for hydroxylation is 1. The number of hydrogen-bond donors (Lipinski definition) is 1. The van der Waals surface area contributed by atoms with Gasteiger partial charge in [-0.1, -0.05) is 18.2 Å². The Morgan fingerprint density at radius 3 is 2.78 bits per heavy atom. The van der Waals surface area contributed by atoms with Gasteiger partial charge in [0.1, 0.15) is 5.82 Å². The summed E-state index contributed by atoms with van der Waals surface area (Å²) in [7, 11) is 1.89. The Morgan fingerprint density at radius 1 is 1.12 bits per heavy atom. The largest absolute Gasteiger partial charge is 0.362 e. The smallest absolute Gasteiger partial charge is 0.259 e. The van der Waals surface area contributed by atoms with Gasteiger partial charge in [0, 0.05) is 42.8 Å². The average Bonchev–Trinajstić information content (AvgIpc) is 3.33. The molecule has 1 aliphatic rings. The number of fused-ring (bicyclic) bond motifs is 2. The lowest BCUT2D eigenvalue weighted by molar-refractivity contribution is 0.634. The second-order valence-corrected chi connectivity index (χ2v) is 8.45. The number of rotatable bonds is 5. The van der Waals surface area contributed by atoms with Crippen LogP contribution in [0, 0.1) is 0 Å². The zero-order valence-electron chi connectivity index (χ0n) is 17.9. The zero-order valence-corrected chi connectivity index (χ0v) is 17.9. The van der Waals surface area contributed by atoms with Gasteiger partial charge in [-0.15, -0.1) is 0 Å². The summed E-state index contributed by atoms with van der Waals surface area (Å²) in [5.74, 6) is 0.839. The molecule has 0 saturated heterocycles. The Bertz CT molecular complexity index is 1520. The number of nitrogens with one attached hydrogen (secondary N) is 1. The third kappa shape index (κ3) is 2.98. The summed E-state index contributed by atoms with van der Waals surface area (Å²) in [6.07, 6.45) is 9.31. The van der Waals surface area contributed by atoms with Crippen molar-refractivity contribution in [2.75, 3.05) is 5.32 Å². The van der Waals surface area contributed by atoms with Gasteiger partial charge in [-0.3, -0.25) is 9.48 Å². The van der Waals surface area contributed by atoms with E-state index in [-0.39, 0.29) is 17.6 Å². The summed E-state index contributed by atoms with van der Waals surface area (Å²) in [5.41, 5.74) is 3.70. The second kappa shape index (κ2) is 7.05. The van der Waals surface area contributed by atoms with Crippen molar-refractivity contribution < 1.29 is 0 Å². The molecule has 4 aromatic heterocycles. The molecule has 6 rings (SSSR count). The Labute approximate surface area is 184 Å². The quantitative estimate of drug-likeness (QED) is 0.461. The zero-order chi connectivity index (χ0) is 21.8. The van der Waals surface area contributed by atoms with Crippen molar-refractivity contribution >= 4 is 22.2 Å². The summed E-state index contributed by atoms with van der Waals surface area (Å²) in [6, 6.07) is 12.1. The molecule has 0 radical (unpaired) electrons. The normalized spacial score (nSPS) is 14.8. The minimum absolute atomic E-state index is 0.0621. The van der Waals surface area contributed by atoms with Gasteiger partial charge in [-0.05, 0) is 42.8 Å². The molecule has 1 aliphatic carbocycles. The van der Waals surface area contributed by atoms with Gasteiger partial charge in [0.25, 0.3) is 5.56 Å². The third-order valence-corrected chi connectivity index (χ3v) is 6.14. The summed E-state index contributed by atoms with van der Waals surface area (Å²) in [6.45, 7) is 2.08. The van der Waals surface area contributed by atoms with Crippen molar-refractivity contribution in [2.45, 2.75) is 31.8 Å². The lowest BCUT2D eigenvalue weighted by Gasteiger charge is -2.22. The van der Waals surface area contributed by atoms with Crippen molar-refractivity contribution in [3.05, 3.63) is 77.2 Å². The fourth-order valence-electron chi connectivity index (χ4n) is 4.48. The van der Waals surface area contributed by atoms with Crippen LogP contribution in [0.15, 0.2) is 66.0 Å². The van der Waals surface area contributed by atoms with E-state index in [1.807, 2.05) is 54.3 Å². The summed E-state index contributed by atoms with van der Waals surface area (Å²) in [5, 5.41) is 13.9. The molecule has 0 aliphatic heterocycles. The van der Waals surface area contributed by atoms with E-state index >= 15 is 0 Å². The molecule has 8 heteroatoms. The first-order valence-corrected chi connectivity index (χ1v) is 10.8. The van der Waals surface area contributed by atoms with Crippen molar-refractivity contribution in [3.63, 3.8) is 0 Å². The highest BCUT2D eigenvalue weighted by Gasteiger charge is 2.30. The van der Waals surface area contributed by atoms with Crippen LogP contribution in [0.4, 0.5) is 5.82 Å². The van der Waals surface area contributed by atoms with Gasteiger partial charge in [0.2, 0.25) is 0 Å². The number of nitrogens with zero attached hydrogens (tertiary/aromatic N) is 6. The Hall–Kier alpha value is -3.94. The van der Waals surface area contributed by atoms with Gasteiger partial charge in [0.05, 0.1) is 23.8 Å². The lowest BCUT2D eigenvalue weighted by atomic mass is 10.00. The van der Waals surface area contributed by atoms with Crippen molar-refractivity contribution in [3.8, 4) is 11.1 Å². The molecule has 0 amide bonds. The van der Waals surface area contributed by atoms with Crippen LogP contribution in [-0.2, 0) is 7.05 Å². The first kappa shape index (κ1) is 18.8. The summed E-state index contributed by atoms with van der Waals surface area (Å²) in [4.78, 5) is 18.2. The fraction of sp³-hybridized carbons (Fsp3) is 0.250. The maximum Gasteiger partial charge on any atom is 0.259 e. The van der Waals surface area contributed by atoms with Crippen molar-refractivity contribution in [1.29, 1.82) is 0 Å². The molecule has 0 bridgehead atoms. The van der Waals surface area contributed by atoms with Gasteiger partial charge < -0.3 is 9.88 Å². The van der Waals surface area contributed by atoms with E-state index in [0.717, 1.165) is 51.9 Å². The molecular formula is C24H23N7O. The van der Waals surface area contributed by atoms with E-state index in [0.29, 0.717) is 0 Å². The number of hydrogen-bond acceptors (Lipinski definition) is 5. The van der Waals surface area contributed by atoms with Gasteiger partial charge in [0.15, 0.2) is 5.65 Å². The van der Waals surface area contributed by atoms with Crippen molar-refractivity contribution in [1.82, 2.24) is 28.9 Å². The average molecular weight is 425 g/mol. The molecule has 8 nitrogen and oxygen atoms in total. The highest BCUT2D eigenvalue weighted by atomic mass is 16.1. The maximum atomic E-state index is 13.8. The first-order valence-electron chi connectivity index (χ1n) is 10.8. The molecule has 32 heavy (non-hydrogen) atoms. The molecule has 160 valence electrons. The van der Waals surface area contributed by atoms with E-state index in [1.165, 1.54) is 0 Å². The molecule has 5 aromatic rings. The topological polar surface area (TPSA) is 82.0 Å². The summed E-state index contributed by atoms with van der Waals surface area (Å²) >= 11 is 0. The minimum atomic E-state index is -0.0930. The second-order valence-electron chi connectivity index (χ2n) is 8.45. The van der Waals surface area contributed by atoms with Crippen LogP contribution in [0.25, 0.3) is 27.5 Å². The number of pyridine rings is 1. The monoisotopic (exact) mass is 425 g/mol. The Kier molecular flexibility index (Phi) is 4.14. The predicted octanol–water partition coefficient (Wildman–Crippen LogP) is 3.95. The SMILES string of the molecule is C[C@H](Nc1ccnc2ccnn12)c1cc2cccc(-c3cnn(C)c3)c2c(=O)n1C1CC1. The van der Waals surface area contributed by atoms with Crippen molar-refractivity contribution in [2.24, 2.45) is 7.05 Å². The molecule has 1 fully saturated rings. The fourth-order valence-corrected chi connectivity index (χ4v) is 4.48. The minimum Gasteiger partial charge on any atom is -0.362 e. The van der Waals surface area contributed by atoms with E-state index in [4.69, 9.17) is 0 Å². The molecule has 0 spiro atoms. The number of anilines is 1. The van der Waals surface area contributed by atoms with Crippen LogP contribution < -0.4 is 10.9 Å². The van der Waals surface area contributed by atoms with E-state index < -0.39 is 0 Å². The van der Waals surface area contributed by atoms with Gasteiger partial charge in [-0.2, -0.15) is 14.7 Å². The number of aromatic nitrogens is 6. The van der Waals surface area contributed by atoms with Crippen LogP contribution in [0.1, 0.15) is 37.5 Å². The highest BCUT2D eigenvalue weighted by Crippen LogP contribution is 2.38. The van der Waals surface area contributed by atoms with Gasteiger partial charge >= 0.3 is 0 Å². The highest BCUT2D eigenvalue weighted by molar-refractivity contribution is 5.96. The molecule has 1 N–H and O–H groups in total. The van der Waals surface area contributed by atoms with Crippen LogP contribution in [0.2, 0.25) is 0 Å². The molecule has 1 aromatic carbocycles. The molecule has 4 heterocycles. The third-order valence-electron chi connectivity index (χ3n) is 6.14. The number of benzene rings is 1. The van der Waals surface area contributed by atoms with Crippen LogP contribution in [0.3, 0.4) is 0 Å². The first-order chi connectivity index (χ1) is 15.6. The van der Waals surface area contributed by atoms with Gasteiger partial charge in [-0.25, -0.2) is 4.98 Å². The summed E-state index contributed by atoms with van der Waals surface area (Å²) < 4.78 is 5.53. The van der Waals surface area contributed by atoms with E-state index in [2.05, 4.69) is 33.5 Å². The molecule has 1 saturated carbocycles. The molecule has 1 atom stereocenters. The Morgan fingerprint density at radius 2 is 2.00 bits per heavy atom. The maximum absolute atomic E-state index is 13.8. The van der Waals surface area contributed by atoms with E-state index in [1.54, 1.807) is 21.6 Å². The lowest BCUT2D eigenvalue weighted by Crippen LogP contribution is -2.26. The van der Waals surface area contributed by atoms with Crippen LogP contribution >= 0.6 is 0 Å².